The topological polar surface area (TPSA) is 46.2 Å². The molecule has 0 saturated carbocycles. The van der Waals surface area contributed by atoms with Crippen LogP contribution in [0.1, 0.15) is 12.8 Å². The van der Waals surface area contributed by atoms with Crippen molar-refractivity contribution in [2.75, 3.05) is 40.8 Å². The maximum atomic E-state index is 5.52. The number of rotatable bonds is 7. The van der Waals surface area contributed by atoms with Gasteiger partial charge in [-0.05, 0) is 12.8 Å². The SMILES string of the molecule is CO[Si](COCC1CCCO1)(OC)OC. The van der Waals surface area contributed by atoms with E-state index in [4.69, 9.17) is 22.8 Å². The van der Waals surface area contributed by atoms with Gasteiger partial charge in [-0.1, -0.05) is 0 Å². The average molecular weight is 236 g/mol. The summed E-state index contributed by atoms with van der Waals surface area (Å²) in [4.78, 5) is 0. The minimum absolute atomic E-state index is 0.224. The summed E-state index contributed by atoms with van der Waals surface area (Å²) in [6.45, 7) is 1.43. The monoisotopic (exact) mass is 236 g/mol. The Morgan fingerprint density at radius 3 is 2.33 bits per heavy atom. The predicted molar refractivity (Wildman–Crippen MR) is 56.6 cm³/mol. The minimum atomic E-state index is -2.57. The van der Waals surface area contributed by atoms with Crippen LogP contribution in [0.2, 0.25) is 0 Å². The zero-order chi connectivity index (χ0) is 11.1. The summed E-state index contributed by atoms with van der Waals surface area (Å²) in [5, 5.41) is 0. The van der Waals surface area contributed by atoms with Crippen molar-refractivity contribution >= 4 is 8.80 Å². The Bertz CT molecular complexity index is 160. The molecule has 0 amide bonds. The number of ether oxygens (including phenoxy) is 2. The molecule has 6 heteroatoms. The highest BCUT2D eigenvalue weighted by Gasteiger charge is 2.38. The van der Waals surface area contributed by atoms with E-state index in [9.17, 15) is 0 Å². The quantitative estimate of drug-likeness (QED) is 0.606. The van der Waals surface area contributed by atoms with E-state index >= 15 is 0 Å². The average Bonchev–Trinajstić information content (AvgIpc) is 2.78. The minimum Gasteiger partial charge on any atom is -0.376 e. The molecule has 0 N–H and O–H groups in total. The molecule has 5 nitrogen and oxygen atoms in total. The highest BCUT2D eigenvalue weighted by molar-refractivity contribution is 6.60. The van der Waals surface area contributed by atoms with Gasteiger partial charge in [0.1, 0.15) is 6.23 Å². The first kappa shape index (κ1) is 13.1. The molecule has 15 heavy (non-hydrogen) atoms. The summed E-state index contributed by atoms with van der Waals surface area (Å²) in [5.41, 5.74) is 0. The summed E-state index contributed by atoms with van der Waals surface area (Å²) >= 11 is 0. The molecule has 0 aromatic rings. The fraction of sp³-hybridized carbons (Fsp3) is 1.00. The lowest BCUT2D eigenvalue weighted by molar-refractivity contribution is 0.00698. The van der Waals surface area contributed by atoms with Crippen LogP contribution in [0.3, 0.4) is 0 Å². The molecule has 0 spiro atoms. The maximum Gasteiger partial charge on any atom is 0.527 e. The summed E-state index contributed by atoms with van der Waals surface area (Å²) in [6, 6.07) is 0. The maximum absolute atomic E-state index is 5.52. The van der Waals surface area contributed by atoms with Gasteiger partial charge in [0.25, 0.3) is 0 Å². The molecule has 1 fully saturated rings. The zero-order valence-electron chi connectivity index (χ0n) is 9.65. The van der Waals surface area contributed by atoms with Crippen molar-refractivity contribution in [1.29, 1.82) is 0 Å². The lowest BCUT2D eigenvalue weighted by atomic mass is 10.2. The first-order valence-corrected chi connectivity index (χ1v) is 7.04. The fourth-order valence-electron chi connectivity index (χ4n) is 1.52. The van der Waals surface area contributed by atoms with Crippen LogP contribution in [0.15, 0.2) is 0 Å². The van der Waals surface area contributed by atoms with Crippen LogP contribution in [0, 0.1) is 0 Å². The van der Waals surface area contributed by atoms with Crippen molar-refractivity contribution in [3.05, 3.63) is 0 Å². The lowest BCUT2D eigenvalue weighted by Gasteiger charge is -2.24. The van der Waals surface area contributed by atoms with Gasteiger partial charge in [0.2, 0.25) is 0 Å². The van der Waals surface area contributed by atoms with Gasteiger partial charge >= 0.3 is 8.80 Å². The molecule has 0 aromatic heterocycles. The van der Waals surface area contributed by atoms with Crippen LogP contribution in [0.5, 0.6) is 0 Å². The van der Waals surface area contributed by atoms with E-state index in [1.807, 2.05) is 0 Å². The van der Waals surface area contributed by atoms with Gasteiger partial charge in [0.05, 0.1) is 12.7 Å². The lowest BCUT2D eigenvalue weighted by Crippen LogP contribution is -2.48. The summed E-state index contributed by atoms with van der Waals surface area (Å²) in [6.07, 6.45) is 2.79. The van der Waals surface area contributed by atoms with Crippen LogP contribution in [0.4, 0.5) is 0 Å². The third-order valence-corrected chi connectivity index (χ3v) is 4.96. The summed E-state index contributed by atoms with van der Waals surface area (Å²) < 4.78 is 26.6. The van der Waals surface area contributed by atoms with Gasteiger partial charge in [-0.25, -0.2) is 0 Å². The van der Waals surface area contributed by atoms with E-state index in [0.29, 0.717) is 12.8 Å². The third kappa shape index (κ3) is 3.82. The van der Waals surface area contributed by atoms with Crippen molar-refractivity contribution in [2.24, 2.45) is 0 Å². The first-order valence-electron chi connectivity index (χ1n) is 5.11. The second-order valence-corrected chi connectivity index (χ2v) is 6.32. The molecule has 1 saturated heterocycles. The van der Waals surface area contributed by atoms with Gasteiger partial charge < -0.3 is 22.8 Å². The van der Waals surface area contributed by atoms with Crippen LogP contribution >= 0.6 is 0 Å². The third-order valence-electron chi connectivity index (χ3n) is 2.54. The highest BCUT2D eigenvalue weighted by atomic mass is 28.4. The first-order chi connectivity index (χ1) is 7.26. The second kappa shape index (κ2) is 6.57. The van der Waals surface area contributed by atoms with E-state index in [2.05, 4.69) is 0 Å². The normalized spacial score (nSPS) is 22.2. The molecule has 1 heterocycles. The molecule has 0 radical (unpaired) electrons. The molecular formula is C9H20O5Si. The largest absolute Gasteiger partial charge is 0.527 e. The van der Waals surface area contributed by atoms with E-state index in [1.54, 1.807) is 21.3 Å². The van der Waals surface area contributed by atoms with E-state index in [1.165, 1.54) is 0 Å². The highest BCUT2D eigenvalue weighted by Crippen LogP contribution is 2.13. The smallest absolute Gasteiger partial charge is 0.376 e. The molecule has 1 rings (SSSR count). The van der Waals surface area contributed by atoms with E-state index < -0.39 is 8.80 Å². The molecule has 1 atom stereocenters. The molecule has 0 aliphatic carbocycles. The molecule has 0 aromatic carbocycles. The van der Waals surface area contributed by atoms with Crippen molar-refractivity contribution in [3.8, 4) is 0 Å². The van der Waals surface area contributed by atoms with Gasteiger partial charge in [0, 0.05) is 27.9 Å². The Labute approximate surface area is 92.0 Å². The molecular weight excluding hydrogens is 216 g/mol. The van der Waals surface area contributed by atoms with E-state index in [0.717, 1.165) is 19.4 Å². The van der Waals surface area contributed by atoms with Gasteiger partial charge in [-0.3, -0.25) is 0 Å². The summed E-state index contributed by atoms with van der Waals surface area (Å²) in [7, 11) is 2.17. The Hall–Kier alpha value is 0.0169. The molecule has 1 unspecified atom stereocenters. The Morgan fingerprint density at radius 1 is 1.20 bits per heavy atom. The molecule has 90 valence electrons. The van der Waals surface area contributed by atoms with Crippen molar-refractivity contribution in [1.82, 2.24) is 0 Å². The van der Waals surface area contributed by atoms with Crippen molar-refractivity contribution in [2.45, 2.75) is 18.9 Å². The van der Waals surface area contributed by atoms with Crippen molar-refractivity contribution in [3.63, 3.8) is 0 Å². The van der Waals surface area contributed by atoms with Crippen LogP contribution in [-0.4, -0.2) is 55.7 Å². The van der Waals surface area contributed by atoms with Gasteiger partial charge in [0.15, 0.2) is 0 Å². The Balaban J connectivity index is 2.21. The second-order valence-electron chi connectivity index (χ2n) is 3.45. The molecule has 0 bridgehead atoms. The molecule has 1 aliphatic rings. The van der Waals surface area contributed by atoms with Crippen LogP contribution < -0.4 is 0 Å². The predicted octanol–water partition coefficient (Wildman–Crippen LogP) is 0.599. The van der Waals surface area contributed by atoms with Gasteiger partial charge in [-0.15, -0.1) is 0 Å². The Kier molecular flexibility index (Phi) is 5.73. The standard InChI is InChI=1S/C9H20O5Si/c1-10-15(11-2,12-3)8-13-7-9-5-4-6-14-9/h9H,4-8H2,1-3H3. The van der Waals surface area contributed by atoms with Crippen molar-refractivity contribution < 1.29 is 22.8 Å². The number of hydrogen-bond acceptors (Lipinski definition) is 5. The zero-order valence-corrected chi connectivity index (χ0v) is 10.7. The van der Waals surface area contributed by atoms with Crippen LogP contribution in [0.25, 0.3) is 0 Å². The van der Waals surface area contributed by atoms with Crippen LogP contribution in [-0.2, 0) is 22.8 Å². The Morgan fingerprint density at radius 2 is 1.87 bits per heavy atom. The fourth-order valence-corrected chi connectivity index (χ4v) is 2.74. The number of hydrogen-bond donors (Lipinski definition) is 0. The molecule has 1 aliphatic heterocycles. The van der Waals surface area contributed by atoms with E-state index in [-0.39, 0.29) is 6.10 Å². The summed E-state index contributed by atoms with van der Waals surface area (Å²) in [5.74, 6) is 0. The van der Waals surface area contributed by atoms with Gasteiger partial charge in [-0.2, -0.15) is 0 Å².